The highest BCUT2D eigenvalue weighted by Gasteiger charge is 2.15. The molecule has 0 radical (unpaired) electrons. The van der Waals surface area contributed by atoms with Crippen molar-refractivity contribution in [3.8, 4) is 5.75 Å². The summed E-state index contributed by atoms with van der Waals surface area (Å²) >= 11 is 5.70. The average Bonchev–Trinajstić information content (AvgIpc) is 2.58. The van der Waals surface area contributed by atoms with Crippen molar-refractivity contribution in [1.82, 2.24) is 0 Å². The van der Waals surface area contributed by atoms with E-state index in [1.54, 1.807) is 6.92 Å². The Bertz CT molecular complexity index is 897. The highest BCUT2D eigenvalue weighted by atomic mass is 35.5. The first-order chi connectivity index (χ1) is 11.5. The predicted molar refractivity (Wildman–Crippen MR) is 94.1 cm³/mol. The van der Waals surface area contributed by atoms with Crippen LogP contribution in [0.25, 0.3) is 10.8 Å². The molecule has 0 aromatic heterocycles. The Morgan fingerprint density at radius 1 is 1.08 bits per heavy atom. The van der Waals surface area contributed by atoms with Gasteiger partial charge in [0.2, 0.25) is 0 Å². The van der Waals surface area contributed by atoms with Crippen LogP contribution < -0.4 is 10.1 Å². The van der Waals surface area contributed by atoms with Gasteiger partial charge in [-0.05, 0) is 48.0 Å². The maximum Gasteiger partial charge on any atom is 0.265 e. The molecule has 1 N–H and O–H groups in total. The molecule has 0 aliphatic heterocycles. The number of hydrogen-bond acceptors (Lipinski definition) is 2. The molecule has 5 heteroatoms. The normalized spacial score (nSPS) is 12.0. The predicted octanol–water partition coefficient (Wildman–Crippen LogP) is 5.04. The van der Waals surface area contributed by atoms with Crippen molar-refractivity contribution in [2.75, 3.05) is 5.32 Å². The second-order valence-electron chi connectivity index (χ2n) is 5.39. The number of nitrogens with one attached hydrogen (secondary N) is 1. The number of ether oxygens (including phenoxy) is 1. The van der Waals surface area contributed by atoms with Crippen LogP contribution >= 0.6 is 11.6 Å². The molecule has 0 fully saturated rings. The van der Waals surface area contributed by atoms with E-state index in [-0.39, 0.29) is 10.9 Å². The number of amides is 1. The SMILES string of the molecule is C[C@@H](Oc1ccc2ccccc2c1)C(=O)Nc1ccc(F)c(Cl)c1. The molecule has 0 aliphatic carbocycles. The van der Waals surface area contributed by atoms with Crippen molar-refractivity contribution in [2.45, 2.75) is 13.0 Å². The summed E-state index contributed by atoms with van der Waals surface area (Å²) in [4.78, 5) is 12.2. The average molecular weight is 344 g/mol. The van der Waals surface area contributed by atoms with E-state index in [2.05, 4.69) is 5.32 Å². The lowest BCUT2D eigenvalue weighted by molar-refractivity contribution is -0.122. The number of carbonyl (C=O) groups excluding carboxylic acids is 1. The van der Waals surface area contributed by atoms with Crippen molar-refractivity contribution in [3.63, 3.8) is 0 Å². The molecule has 1 atom stereocenters. The van der Waals surface area contributed by atoms with Gasteiger partial charge in [-0.25, -0.2) is 4.39 Å². The topological polar surface area (TPSA) is 38.3 Å². The van der Waals surface area contributed by atoms with E-state index in [1.807, 2.05) is 42.5 Å². The van der Waals surface area contributed by atoms with Gasteiger partial charge in [-0.15, -0.1) is 0 Å². The van der Waals surface area contributed by atoms with Crippen molar-refractivity contribution >= 4 is 34.0 Å². The van der Waals surface area contributed by atoms with E-state index in [1.165, 1.54) is 18.2 Å². The van der Waals surface area contributed by atoms with Crippen LogP contribution in [-0.4, -0.2) is 12.0 Å². The first kappa shape index (κ1) is 16.3. The second-order valence-corrected chi connectivity index (χ2v) is 5.79. The molecule has 0 aliphatic rings. The largest absolute Gasteiger partial charge is 0.481 e. The van der Waals surface area contributed by atoms with Gasteiger partial charge < -0.3 is 10.1 Å². The number of anilines is 1. The maximum absolute atomic E-state index is 13.1. The van der Waals surface area contributed by atoms with Crippen LogP contribution in [0.5, 0.6) is 5.75 Å². The van der Waals surface area contributed by atoms with Crippen LogP contribution in [0.2, 0.25) is 5.02 Å². The molecule has 0 saturated carbocycles. The Balaban J connectivity index is 1.69. The second kappa shape index (κ2) is 6.89. The minimum atomic E-state index is -0.713. The lowest BCUT2D eigenvalue weighted by Gasteiger charge is -2.15. The fourth-order valence-electron chi connectivity index (χ4n) is 2.32. The lowest BCUT2D eigenvalue weighted by Crippen LogP contribution is -2.30. The number of rotatable bonds is 4. The third kappa shape index (κ3) is 3.66. The van der Waals surface area contributed by atoms with E-state index < -0.39 is 11.9 Å². The molecule has 3 aromatic rings. The van der Waals surface area contributed by atoms with Gasteiger partial charge in [-0.3, -0.25) is 4.79 Å². The number of halogens is 2. The van der Waals surface area contributed by atoms with Gasteiger partial charge >= 0.3 is 0 Å². The van der Waals surface area contributed by atoms with Crippen LogP contribution in [0.1, 0.15) is 6.92 Å². The molecule has 0 spiro atoms. The molecule has 0 heterocycles. The molecule has 3 nitrogen and oxygen atoms in total. The summed E-state index contributed by atoms with van der Waals surface area (Å²) in [5.74, 6) is -0.269. The van der Waals surface area contributed by atoms with E-state index in [4.69, 9.17) is 16.3 Å². The highest BCUT2D eigenvalue weighted by molar-refractivity contribution is 6.31. The number of carbonyl (C=O) groups is 1. The monoisotopic (exact) mass is 343 g/mol. The van der Waals surface area contributed by atoms with E-state index >= 15 is 0 Å². The zero-order valence-electron chi connectivity index (χ0n) is 12.9. The van der Waals surface area contributed by atoms with E-state index in [0.717, 1.165) is 10.8 Å². The van der Waals surface area contributed by atoms with Crippen molar-refractivity contribution in [1.29, 1.82) is 0 Å². The number of fused-ring (bicyclic) bond motifs is 1. The van der Waals surface area contributed by atoms with Gasteiger partial charge in [0, 0.05) is 5.69 Å². The fraction of sp³-hybridized carbons (Fsp3) is 0.105. The molecule has 3 aromatic carbocycles. The molecule has 3 rings (SSSR count). The van der Waals surface area contributed by atoms with Gasteiger partial charge in [-0.2, -0.15) is 0 Å². The Labute approximate surface area is 144 Å². The van der Waals surface area contributed by atoms with E-state index in [9.17, 15) is 9.18 Å². The minimum absolute atomic E-state index is 0.0455. The van der Waals surface area contributed by atoms with Crippen LogP contribution in [-0.2, 0) is 4.79 Å². The summed E-state index contributed by atoms with van der Waals surface area (Å²) in [6, 6.07) is 17.5. The molecular weight excluding hydrogens is 329 g/mol. The van der Waals surface area contributed by atoms with Gasteiger partial charge in [0.15, 0.2) is 6.10 Å². The summed E-state index contributed by atoms with van der Waals surface area (Å²) in [5.41, 5.74) is 0.417. The summed E-state index contributed by atoms with van der Waals surface area (Å²) in [7, 11) is 0. The molecule has 1 amide bonds. The Kier molecular flexibility index (Phi) is 4.67. The summed E-state index contributed by atoms with van der Waals surface area (Å²) in [6.45, 7) is 1.65. The van der Waals surface area contributed by atoms with Crippen LogP contribution in [0, 0.1) is 5.82 Å². The first-order valence-corrected chi connectivity index (χ1v) is 7.82. The zero-order valence-corrected chi connectivity index (χ0v) is 13.7. The standard InChI is InChI=1S/C19H15ClFNO2/c1-12(19(23)22-15-7-9-18(21)17(20)11-15)24-16-8-6-13-4-2-3-5-14(13)10-16/h2-12H,1H3,(H,22,23)/t12-/m1/s1. The van der Waals surface area contributed by atoms with Crippen molar-refractivity contribution in [3.05, 3.63) is 71.5 Å². The number of benzene rings is 3. The summed E-state index contributed by atoms with van der Waals surface area (Å²) in [5, 5.41) is 4.74. The van der Waals surface area contributed by atoms with Gasteiger partial charge in [0.25, 0.3) is 5.91 Å². The Morgan fingerprint density at radius 2 is 1.83 bits per heavy atom. The van der Waals surface area contributed by atoms with Gasteiger partial charge in [0.05, 0.1) is 5.02 Å². The van der Waals surface area contributed by atoms with Crippen LogP contribution in [0.15, 0.2) is 60.7 Å². The molecule has 122 valence electrons. The first-order valence-electron chi connectivity index (χ1n) is 7.44. The molecule has 24 heavy (non-hydrogen) atoms. The van der Waals surface area contributed by atoms with Crippen molar-refractivity contribution in [2.24, 2.45) is 0 Å². The Morgan fingerprint density at radius 3 is 2.58 bits per heavy atom. The van der Waals surface area contributed by atoms with Crippen LogP contribution in [0.3, 0.4) is 0 Å². The molecular formula is C19H15ClFNO2. The quantitative estimate of drug-likeness (QED) is 0.720. The molecule has 0 saturated heterocycles. The lowest BCUT2D eigenvalue weighted by atomic mass is 10.1. The minimum Gasteiger partial charge on any atom is -0.481 e. The zero-order chi connectivity index (χ0) is 17.1. The summed E-state index contributed by atoms with van der Waals surface area (Å²) < 4.78 is 18.8. The third-order valence-electron chi connectivity index (χ3n) is 3.59. The highest BCUT2D eigenvalue weighted by Crippen LogP contribution is 2.22. The number of hydrogen-bond donors (Lipinski definition) is 1. The molecule has 0 bridgehead atoms. The smallest absolute Gasteiger partial charge is 0.265 e. The molecule has 0 unspecified atom stereocenters. The van der Waals surface area contributed by atoms with Gasteiger partial charge in [0.1, 0.15) is 11.6 Å². The van der Waals surface area contributed by atoms with E-state index in [0.29, 0.717) is 11.4 Å². The maximum atomic E-state index is 13.1. The van der Waals surface area contributed by atoms with Crippen molar-refractivity contribution < 1.29 is 13.9 Å². The Hall–Kier alpha value is -2.59. The van der Waals surface area contributed by atoms with Crippen LogP contribution in [0.4, 0.5) is 10.1 Å². The van der Waals surface area contributed by atoms with Gasteiger partial charge in [-0.1, -0.05) is 41.9 Å². The fourth-order valence-corrected chi connectivity index (χ4v) is 2.50. The summed E-state index contributed by atoms with van der Waals surface area (Å²) in [6.07, 6.45) is -0.713. The third-order valence-corrected chi connectivity index (χ3v) is 3.88.